The van der Waals surface area contributed by atoms with Crippen molar-refractivity contribution in [1.82, 2.24) is 30.6 Å². The van der Waals surface area contributed by atoms with Crippen LogP contribution in [0.2, 0.25) is 0 Å². The van der Waals surface area contributed by atoms with Gasteiger partial charge in [-0.05, 0) is 31.4 Å². The number of benzene rings is 1. The Morgan fingerprint density at radius 2 is 1.75 bits per heavy atom. The molecular formula is C22H27N7O3. The van der Waals surface area contributed by atoms with E-state index in [-0.39, 0.29) is 6.54 Å². The van der Waals surface area contributed by atoms with E-state index >= 15 is 0 Å². The van der Waals surface area contributed by atoms with Gasteiger partial charge in [-0.25, -0.2) is 14.8 Å². The first-order valence-electron chi connectivity index (χ1n) is 10.7. The van der Waals surface area contributed by atoms with Crippen molar-refractivity contribution in [3.63, 3.8) is 0 Å². The lowest BCUT2D eigenvalue weighted by Crippen LogP contribution is -2.54. The van der Waals surface area contributed by atoms with Crippen molar-refractivity contribution >= 4 is 23.8 Å². The van der Waals surface area contributed by atoms with Crippen molar-refractivity contribution in [1.29, 1.82) is 0 Å². The van der Waals surface area contributed by atoms with Gasteiger partial charge in [0.25, 0.3) is 11.8 Å². The van der Waals surface area contributed by atoms with E-state index in [0.717, 1.165) is 10.6 Å². The molecule has 4 amide bonds. The van der Waals surface area contributed by atoms with E-state index in [0.29, 0.717) is 45.0 Å². The zero-order chi connectivity index (χ0) is 22.6. The number of rotatable bonds is 7. The molecule has 168 valence electrons. The Hall–Kier alpha value is -3.53. The van der Waals surface area contributed by atoms with E-state index in [1.807, 2.05) is 35.2 Å². The first-order valence-corrected chi connectivity index (χ1v) is 10.7. The summed E-state index contributed by atoms with van der Waals surface area (Å²) in [7, 11) is 0. The molecule has 1 aromatic carbocycles. The van der Waals surface area contributed by atoms with Crippen LogP contribution in [0.3, 0.4) is 0 Å². The first kappa shape index (κ1) is 21.7. The topological polar surface area (TPSA) is 111 Å². The summed E-state index contributed by atoms with van der Waals surface area (Å²) in [6, 6.07) is 10.9. The Morgan fingerprint density at radius 3 is 2.44 bits per heavy atom. The Kier molecular flexibility index (Phi) is 6.31. The molecule has 2 aliphatic heterocycles. The van der Waals surface area contributed by atoms with Crippen LogP contribution in [0.5, 0.6) is 0 Å². The number of hydrazine groups is 1. The van der Waals surface area contributed by atoms with E-state index in [9.17, 15) is 14.4 Å². The minimum Gasteiger partial charge on any atom is -0.338 e. The number of hydrogen-bond acceptors (Lipinski definition) is 7. The van der Waals surface area contributed by atoms with E-state index in [4.69, 9.17) is 0 Å². The monoisotopic (exact) mass is 437 g/mol. The van der Waals surface area contributed by atoms with Gasteiger partial charge in [0.2, 0.25) is 5.95 Å². The smallest absolute Gasteiger partial charge is 0.338 e. The molecule has 1 aromatic heterocycles. The Bertz CT molecular complexity index is 964. The Labute approximate surface area is 186 Å². The predicted molar refractivity (Wildman–Crippen MR) is 117 cm³/mol. The van der Waals surface area contributed by atoms with Crippen molar-refractivity contribution < 1.29 is 14.4 Å². The fourth-order valence-corrected chi connectivity index (χ4v) is 3.92. The highest BCUT2D eigenvalue weighted by atomic mass is 16.2. The van der Waals surface area contributed by atoms with Gasteiger partial charge >= 0.3 is 6.03 Å². The number of urea groups is 1. The maximum atomic E-state index is 12.9. The fraction of sp³-hybridized carbons (Fsp3) is 0.409. The quantitative estimate of drug-likeness (QED) is 0.610. The minimum atomic E-state index is -1.05. The summed E-state index contributed by atoms with van der Waals surface area (Å²) in [4.78, 5) is 50.3. The lowest BCUT2D eigenvalue weighted by atomic mass is 9.93. The Balaban J connectivity index is 1.27. The number of nitrogens with one attached hydrogen (secondary N) is 2. The third-order valence-electron chi connectivity index (χ3n) is 5.83. The van der Waals surface area contributed by atoms with Crippen molar-refractivity contribution in [2.45, 2.75) is 25.3 Å². The summed E-state index contributed by atoms with van der Waals surface area (Å²) < 4.78 is 0. The van der Waals surface area contributed by atoms with Crippen LogP contribution in [0, 0.1) is 0 Å². The van der Waals surface area contributed by atoms with Crippen LogP contribution < -0.4 is 15.6 Å². The number of carbonyl (C=O) groups is 3. The summed E-state index contributed by atoms with van der Waals surface area (Å²) in [6.07, 6.45) is 4.49. The van der Waals surface area contributed by atoms with Crippen molar-refractivity contribution in [3.05, 3.63) is 54.4 Å². The minimum absolute atomic E-state index is 0.0985. The van der Waals surface area contributed by atoms with Gasteiger partial charge in [0.1, 0.15) is 5.54 Å². The standard InChI is InChI=1S/C22H27N7O3/c1-22(9-8-17-6-3-2-4-7-17)19(31)29(21(32)25-22)26-18(30)16-27-12-14-28(15-13-27)20-23-10-5-11-24-20/h2-7,10-11H,8-9,12-16H2,1H3,(H,25,32)(H,26,30). The summed E-state index contributed by atoms with van der Waals surface area (Å²) >= 11 is 0. The van der Waals surface area contributed by atoms with E-state index < -0.39 is 23.4 Å². The zero-order valence-corrected chi connectivity index (χ0v) is 18.0. The van der Waals surface area contributed by atoms with E-state index in [1.165, 1.54) is 0 Å². The second kappa shape index (κ2) is 9.31. The molecular weight excluding hydrogens is 410 g/mol. The number of aromatic nitrogens is 2. The molecule has 2 fully saturated rings. The lowest BCUT2D eigenvalue weighted by Gasteiger charge is -2.34. The SMILES string of the molecule is CC1(CCc2ccccc2)NC(=O)N(NC(=O)CN2CCN(c3ncccn3)CC2)C1=O. The molecule has 0 saturated carbocycles. The predicted octanol–water partition coefficient (Wildman–Crippen LogP) is 0.573. The normalized spacial score (nSPS) is 21.5. The van der Waals surface area contributed by atoms with Crippen LogP contribution in [0.25, 0.3) is 0 Å². The molecule has 3 heterocycles. The van der Waals surface area contributed by atoms with Crippen LogP contribution in [0.4, 0.5) is 10.7 Å². The summed E-state index contributed by atoms with van der Waals surface area (Å²) in [5, 5.41) is 3.53. The maximum absolute atomic E-state index is 12.9. The molecule has 0 bridgehead atoms. The van der Waals surface area contributed by atoms with Crippen LogP contribution in [0.15, 0.2) is 48.8 Å². The number of anilines is 1. The average Bonchev–Trinajstić information content (AvgIpc) is 3.03. The van der Waals surface area contributed by atoms with Crippen molar-refractivity contribution in [2.24, 2.45) is 0 Å². The molecule has 4 rings (SSSR count). The van der Waals surface area contributed by atoms with Crippen molar-refractivity contribution in [3.8, 4) is 0 Å². The highest BCUT2D eigenvalue weighted by Gasteiger charge is 2.48. The molecule has 0 radical (unpaired) electrons. The number of nitrogens with zero attached hydrogens (tertiary/aromatic N) is 5. The maximum Gasteiger partial charge on any atom is 0.344 e. The van der Waals surface area contributed by atoms with Gasteiger partial charge in [-0.2, -0.15) is 5.01 Å². The first-order chi connectivity index (χ1) is 15.4. The van der Waals surface area contributed by atoms with Gasteiger partial charge in [0.05, 0.1) is 6.54 Å². The highest BCUT2D eigenvalue weighted by molar-refractivity contribution is 6.07. The van der Waals surface area contributed by atoms with Gasteiger partial charge in [-0.3, -0.25) is 19.9 Å². The van der Waals surface area contributed by atoms with Gasteiger partial charge < -0.3 is 10.2 Å². The molecule has 10 heteroatoms. The number of piperazine rings is 1. The number of imide groups is 1. The molecule has 10 nitrogen and oxygen atoms in total. The van der Waals surface area contributed by atoms with E-state index in [1.54, 1.807) is 25.4 Å². The molecule has 0 spiro atoms. The van der Waals surface area contributed by atoms with Gasteiger partial charge in [-0.1, -0.05) is 30.3 Å². The summed E-state index contributed by atoms with van der Waals surface area (Å²) in [5.74, 6) is -0.172. The van der Waals surface area contributed by atoms with Gasteiger partial charge in [0.15, 0.2) is 0 Å². The number of carbonyl (C=O) groups excluding carboxylic acids is 3. The molecule has 2 aliphatic rings. The molecule has 2 aromatic rings. The summed E-state index contributed by atoms with van der Waals surface area (Å²) in [5.41, 5.74) is 2.50. The summed E-state index contributed by atoms with van der Waals surface area (Å²) in [6.45, 7) is 4.48. The molecule has 32 heavy (non-hydrogen) atoms. The molecule has 1 unspecified atom stereocenters. The zero-order valence-electron chi connectivity index (χ0n) is 18.0. The van der Waals surface area contributed by atoms with E-state index in [2.05, 4.69) is 25.6 Å². The van der Waals surface area contributed by atoms with Crippen LogP contribution >= 0.6 is 0 Å². The highest BCUT2D eigenvalue weighted by Crippen LogP contribution is 2.22. The second-order valence-electron chi connectivity index (χ2n) is 8.24. The third kappa shape index (κ3) is 4.86. The molecule has 2 saturated heterocycles. The molecule has 2 N–H and O–H groups in total. The van der Waals surface area contributed by atoms with Crippen LogP contribution in [-0.2, 0) is 16.0 Å². The lowest BCUT2D eigenvalue weighted by molar-refractivity contribution is -0.139. The van der Waals surface area contributed by atoms with Crippen LogP contribution in [-0.4, -0.2) is 76.0 Å². The average molecular weight is 438 g/mol. The number of aryl methyl sites for hydroxylation is 1. The number of amides is 4. The van der Waals surface area contributed by atoms with Gasteiger partial charge in [0, 0.05) is 38.6 Å². The van der Waals surface area contributed by atoms with Crippen LogP contribution in [0.1, 0.15) is 18.9 Å². The van der Waals surface area contributed by atoms with Crippen molar-refractivity contribution in [2.75, 3.05) is 37.6 Å². The third-order valence-corrected chi connectivity index (χ3v) is 5.83. The largest absolute Gasteiger partial charge is 0.344 e. The fourth-order valence-electron chi connectivity index (χ4n) is 3.92. The second-order valence-corrected chi connectivity index (χ2v) is 8.24. The number of hydrogen-bond donors (Lipinski definition) is 2. The molecule has 1 atom stereocenters. The molecule has 0 aliphatic carbocycles. The Morgan fingerprint density at radius 1 is 1.06 bits per heavy atom. The van der Waals surface area contributed by atoms with Gasteiger partial charge in [-0.15, -0.1) is 0 Å².